The van der Waals surface area contributed by atoms with E-state index < -0.39 is 12.3 Å². The standard InChI is InChI=1S/C19H18F3N3O4S/c1-10-14-16(26)23-13(24-17(14)30-15(10)18(27)28-3)9-25(2)8-11-4-6-12(7-5-11)29-19(20,21)22/h4-7H,8-9H2,1-3H3,(H,23,24,26). The fourth-order valence-corrected chi connectivity index (χ4v) is 4.09. The van der Waals surface area contributed by atoms with E-state index in [0.717, 1.165) is 16.9 Å². The lowest BCUT2D eigenvalue weighted by molar-refractivity contribution is -0.274. The molecule has 0 amide bonds. The SMILES string of the molecule is COC(=O)c1sc2nc(CN(C)Cc3ccc(OC(F)(F)F)cc3)[nH]c(=O)c2c1C. The number of carbonyl (C=O) groups is 1. The molecule has 0 atom stereocenters. The quantitative estimate of drug-likeness (QED) is 0.589. The van der Waals surface area contributed by atoms with Gasteiger partial charge in [-0.25, -0.2) is 9.78 Å². The highest BCUT2D eigenvalue weighted by atomic mass is 32.1. The maximum atomic E-state index is 12.5. The van der Waals surface area contributed by atoms with Crippen molar-refractivity contribution in [1.82, 2.24) is 14.9 Å². The Balaban J connectivity index is 1.74. The summed E-state index contributed by atoms with van der Waals surface area (Å²) >= 11 is 1.09. The molecule has 0 fully saturated rings. The molecule has 0 bridgehead atoms. The summed E-state index contributed by atoms with van der Waals surface area (Å²) < 4.78 is 45.3. The Kier molecular flexibility index (Phi) is 6.13. The number of alkyl halides is 3. The first-order valence-electron chi connectivity index (χ1n) is 8.71. The van der Waals surface area contributed by atoms with Gasteiger partial charge in [0.25, 0.3) is 5.56 Å². The average molecular weight is 441 g/mol. The van der Waals surface area contributed by atoms with E-state index in [-0.39, 0.29) is 17.9 Å². The number of thiophene rings is 1. The molecular formula is C19H18F3N3O4S. The van der Waals surface area contributed by atoms with Crippen molar-refractivity contribution in [2.75, 3.05) is 14.2 Å². The van der Waals surface area contributed by atoms with Crippen LogP contribution in [0, 0.1) is 6.92 Å². The van der Waals surface area contributed by atoms with Crippen molar-refractivity contribution in [3.05, 3.63) is 56.4 Å². The van der Waals surface area contributed by atoms with E-state index in [2.05, 4.69) is 14.7 Å². The Morgan fingerprint density at radius 3 is 2.50 bits per heavy atom. The third-order valence-electron chi connectivity index (χ3n) is 4.25. The second kappa shape index (κ2) is 8.44. The molecular weight excluding hydrogens is 423 g/mol. The Hall–Kier alpha value is -2.92. The number of aromatic amines is 1. The van der Waals surface area contributed by atoms with E-state index in [9.17, 15) is 22.8 Å². The Bertz CT molecular complexity index is 1120. The Morgan fingerprint density at radius 2 is 1.90 bits per heavy atom. The fourth-order valence-electron chi connectivity index (χ4n) is 2.97. The summed E-state index contributed by atoms with van der Waals surface area (Å²) in [5.41, 5.74) is 0.938. The molecule has 0 aliphatic heterocycles. The van der Waals surface area contributed by atoms with Crippen LogP contribution in [0.25, 0.3) is 10.2 Å². The number of halogens is 3. The summed E-state index contributed by atoms with van der Waals surface area (Å²) in [5.74, 6) is -0.406. The van der Waals surface area contributed by atoms with Gasteiger partial charge in [0, 0.05) is 6.54 Å². The number of hydrogen-bond donors (Lipinski definition) is 1. The van der Waals surface area contributed by atoms with Crippen molar-refractivity contribution in [3.8, 4) is 5.75 Å². The molecule has 11 heteroatoms. The van der Waals surface area contributed by atoms with Gasteiger partial charge in [-0.2, -0.15) is 0 Å². The largest absolute Gasteiger partial charge is 0.573 e. The molecule has 0 aliphatic carbocycles. The van der Waals surface area contributed by atoms with Crippen molar-refractivity contribution in [2.45, 2.75) is 26.4 Å². The van der Waals surface area contributed by atoms with Crippen LogP contribution in [0.1, 0.15) is 26.6 Å². The number of ether oxygens (including phenoxy) is 2. The number of rotatable bonds is 6. The normalized spacial score (nSPS) is 11.8. The summed E-state index contributed by atoms with van der Waals surface area (Å²) in [6, 6.07) is 5.54. The van der Waals surface area contributed by atoms with Gasteiger partial charge in [0.05, 0.1) is 19.0 Å². The number of aryl methyl sites for hydroxylation is 1. The highest BCUT2D eigenvalue weighted by molar-refractivity contribution is 7.20. The summed E-state index contributed by atoms with van der Waals surface area (Å²) in [6.45, 7) is 2.36. The molecule has 0 radical (unpaired) electrons. The zero-order chi connectivity index (χ0) is 22.1. The highest BCUT2D eigenvalue weighted by Crippen LogP contribution is 2.27. The molecule has 2 aromatic heterocycles. The van der Waals surface area contributed by atoms with Crippen LogP contribution in [0.3, 0.4) is 0 Å². The van der Waals surface area contributed by atoms with Gasteiger partial charge in [0.1, 0.15) is 21.3 Å². The van der Waals surface area contributed by atoms with E-state index in [1.54, 1.807) is 14.0 Å². The summed E-state index contributed by atoms with van der Waals surface area (Å²) in [4.78, 5) is 34.1. The van der Waals surface area contributed by atoms with Gasteiger partial charge in [-0.15, -0.1) is 24.5 Å². The van der Waals surface area contributed by atoms with E-state index in [1.807, 2.05) is 4.90 Å². The van der Waals surface area contributed by atoms with Gasteiger partial charge in [-0.05, 0) is 37.2 Å². The van der Waals surface area contributed by atoms with Crippen molar-refractivity contribution in [2.24, 2.45) is 0 Å². The molecule has 0 saturated carbocycles. The lowest BCUT2D eigenvalue weighted by atomic mass is 10.2. The minimum atomic E-state index is -4.73. The molecule has 1 aromatic carbocycles. The average Bonchev–Trinajstić information content (AvgIpc) is 2.98. The molecule has 0 saturated heterocycles. The van der Waals surface area contributed by atoms with Crippen LogP contribution in [0.5, 0.6) is 5.75 Å². The molecule has 7 nitrogen and oxygen atoms in total. The number of methoxy groups -OCH3 is 1. The van der Waals surface area contributed by atoms with Gasteiger partial charge in [0.15, 0.2) is 0 Å². The van der Waals surface area contributed by atoms with Crippen molar-refractivity contribution < 1.29 is 27.4 Å². The Morgan fingerprint density at radius 1 is 1.23 bits per heavy atom. The lowest BCUT2D eigenvalue weighted by Crippen LogP contribution is -2.21. The van der Waals surface area contributed by atoms with Crippen LogP contribution >= 0.6 is 11.3 Å². The monoisotopic (exact) mass is 441 g/mol. The number of esters is 1. The maximum Gasteiger partial charge on any atom is 0.573 e. The van der Waals surface area contributed by atoms with Crippen LogP contribution < -0.4 is 10.3 Å². The summed E-state index contributed by atoms with van der Waals surface area (Å²) in [7, 11) is 3.05. The molecule has 0 unspecified atom stereocenters. The van der Waals surface area contributed by atoms with Crippen molar-refractivity contribution >= 4 is 27.5 Å². The second-order valence-corrected chi connectivity index (χ2v) is 7.60. The predicted octanol–water partition coefficient (Wildman–Crippen LogP) is 3.61. The van der Waals surface area contributed by atoms with Crippen molar-refractivity contribution in [3.63, 3.8) is 0 Å². The topological polar surface area (TPSA) is 84.5 Å². The minimum absolute atomic E-state index is 0.288. The summed E-state index contributed by atoms with van der Waals surface area (Å²) in [6.07, 6.45) is -4.73. The number of benzene rings is 1. The number of carbonyl (C=O) groups excluding carboxylic acids is 1. The smallest absolute Gasteiger partial charge is 0.465 e. The molecule has 30 heavy (non-hydrogen) atoms. The lowest BCUT2D eigenvalue weighted by Gasteiger charge is -2.16. The number of aromatic nitrogens is 2. The summed E-state index contributed by atoms with van der Waals surface area (Å²) in [5, 5.41) is 0.354. The third-order valence-corrected chi connectivity index (χ3v) is 5.42. The van der Waals surface area contributed by atoms with Crippen LogP contribution in [-0.4, -0.2) is 41.4 Å². The first-order chi connectivity index (χ1) is 14.1. The molecule has 3 aromatic rings. The second-order valence-electron chi connectivity index (χ2n) is 6.60. The number of nitrogens with zero attached hydrogens (tertiary/aromatic N) is 2. The van der Waals surface area contributed by atoms with Crippen LogP contribution in [0.4, 0.5) is 13.2 Å². The molecule has 0 spiro atoms. The highest BCUT2D eigenvalue weighted by Gasteiger charge is 2.31. The van der Waals surface area contributed by atoms with Gasteiger partial charge in [0.2, 0.25) is 0 Å². The Labute approximate surface area is 173 Å². The molecule has 1 N–H and O–H groups in total. The van der Waals surface area contributed by atoms with Gasteiger partial charge in [-0.1, -0.05) is 12.1 Å². The first kappa shape index (κ1) is 21.8. The molecule has 2 heterocycles. The maximum absolute atomic E-state index is 12.5. The van der Waals surface area contributed by atoms with Gasteiger partial charge in [-0.3, -0.25) is 9.69 Å². The van der Waals surface area contributed by atoms with Crippen molar-refractivity contribution in [1.29, 1.82) is 0 Å². The first-order valence-corrected chi connectivity index (χ1v) is 9.53. The van der Waals surface area contributed by atoms with Crippen LogP contribution in [-0.2, 0) is 17.8 Å². The zero-order valence-corrected chi connectivity index (χ0v) is 17.1. The zero-order valence-electron chi connectivity index (χ0n) is 16.3. The number of nitrogens with one attached hydrogen (secondary N) is 1. The predicted molar refractivity (Wildman–Crippen MR) is 105 cm³/mol. The molecule has 160 valence electrons. The fraction of sp³-hybridized carbons (Fsp3) is 0.316. The molecule has 0 aliphatic rings. The van der Waals surface area contributed by atoms with E-state index in [1.165, 1.54) is 31.4 Å². The molecule has 3 rings (SSSR count). The number of hydrogen-bond acceptors (Lipinski definition) is 7. The minimum Gasteiger partial charge on any atom is -0.465 e. The third kappa shape index (κ3) is 4.97. The van der Waals surface area contributed by atoms with Crippen LogP contribution in [0.15, 0.2) is 29.1 Å². The van der Waals surface area contributed by atoms with Gasteiger partial charge >= 0.3 is 12.3 Å². The number of fused-ring (bicyclic) bond motifs is 1. The van der Waals surface area contributed by atoms with E-state index in [4.69, 9.17) is 4.74 Å². The number of H-pyrrole nitrogens is 1. The van der Waals surface area contributed by atoms with E-state index in [0.29, 0.717) is 33.0 Å². The van der Waals surface area contributed by atoms with E-state index >= 15 is 0 Å². The van der Waals surface area contributed by atoms with Gasteiger partial charge < -0.3 is 14.5 Å². The van der Waals surface area contributed by atoms with Crippen LogP contribution in [0.2, 0.25) is 0 Å².